The molecule has 1 aromatic heterocycles. The van der Waals surface area contributed by atoms with Gasteiger partial charge in [0.05, 0.1) is 5.69 Å². The number of pyridine rings is 1. The van der Waals surface area contributed by atoms with E-state index >= 15 is 0 Å². The number of nitrogen functional groups attached to an aromatic ring is 1. The predicted molar refractivity (Wildman–Crippen MR) is 81.5 cm³/mol. The quantitative estimate of drug-likeness (QED) is 0.666. The van der Waals surface area contributed by atoms with E-state index in [4.69, 9.17) is 5.73 Å². The van der Waals surface area contributed by atoms with Crippen molar-refractivity contribution in [1.82, 2.24) is 10.3 Å². The first kappa shape index (κ1) is 14.6. The maximum atomic E-state index is 11.6. The van der Waals surface area contributed by atoms with E-state index in [9.17, 15) is 4.79 Å². The van der Waals surface area contributed by atoms with Crippen molar-refractivity contribution in [2.45, 2.75) is 39.0 Å². The fourth-order valence-electron chi connectivity index (χ4n) is 2.19. The Morgan fingerprint density at radius 2 is 2.10 bits per heavy atom. The Morgan fingerprint density at radius 1 is 1.35 bits per heavy atom. The molecule has 110 valence electrons. The van der Waals surface area contributed by atoms with Crippen LogP contribution in [0.3, 0.4) is 0 Å². The number of anilines is 2. The van der Waals surface area contributed by atoms with Gasteiger partial charge < -0.3 is 16.4 Å². The molecule has 0 atom stereocenters. The average Bonchev–Trinajstić information content (AvgIpc) is 2.35. The summed E-state index contributed by atoms with van der Waals surface area (Å²) in [5.74, 6) is 1.27. The largest absolute Gasteiger partial charge is 0.396 e. The smallest absolute Gasteiger partial charge is 0.223 e. The zero-order chi connectivity index (χ0) is 14.4. The molecule has 0 unspecified atom stereocenters. The Morgan fingerprint density at radius 3 is 2.80 bits per heavy atom. The molecule has 1 fully saturated rings. The van der Waals surface area contributed by atoms with Crippen LogP contribution in [0, 0.1) is 12.8 Å². The summed E-state index contributed by atoms with van der Waals surface area (Å²) in [7, 11) is 0. The molecule has 1 saturated carbocycles. The third-order valence-corrected chi connectivity index (χ3v) is 3.74. The first-order chi connectivity index (χ1) is 9.66. The Labute approximate surface area is 120 Å². The highest BCUT2D eigenvalue weighted by Crippen LogP contribution is 2.26. The van der Waals surface area contributed by atoms with Crippen LogP contribution in [0.15, 0.2) is 12.1 Å². The lowest BCUT2D eigenvalue weighted by Gasteiger charge is -2.23. The fourth-order valence-corrected chi connectivity index (χ4v) is 2.19. The summed E-state index contributed by atoms with van der Waals surface area (Å²) in [6.07, 6.45) is 5.28. The first-order valence-electron chi connectivity index (χ1n) is 7.41. The third kappa shape index (κ3) is 4.11. The van der Waals surface area contributed by atoms with E-state index in [1.807, 2.05) is 19.1 Å². The first-order valence-corrected chi connectivity index (χ1v) is 7.41. The second kappa shape index (κ2) is 7.12. The van der Waals surface area contributed by atoms with Crippen molar-refractivity contribution in [3.05, 3.63) is 17.8 Å². The summed E-state index contributed by atoms with van der Waals surface area (Å²) in [5, 5.41) is 6.23. The van der Waals surface area contributed by atoms with Crippen molar-refractivity contribution < 1.29 is 4.79 Å². The van der Waals surface area contributed by atoms with Gasteiger partial charge in [0.1, 0.15) is 5.82 Å². The molecule has 0 saturated heterocycles. The van der Waals surface area contributed by atoms with Gasteiger partial charge in [0.15, 0.2) is 0 Å². The fraction of sp³-hybridized carbons (Fsp3) is 0.600. The molecule has 20 heavy (non-hydrogen) atoms. The number of carbonyl (C=O) groups is 1. The second-order valence-electron chi connectivity index (χ2n) is 5.44. The van der Waals surface area contributed by atoms with Gasteiger partial charge in [-0.2, -0.15) is 0 Å². The van der Waals surface area contributed by atoms with Gasteiger partial charge in [-0.3, -0.25) is 4.79 Å². The van der Waals surface area contributed by atoms with Crippen LogP contribution in [-0.2, 0) is 4.79 Å². The number of unbranched alkanes of at least 4 members (excludes halogenated alkanes) is 1. The van der Waals surface area contributed by atoms with Crippen LogP contribution in [0.1, 0.15) is 37.8 Å². The van der Waals surface area contributed by atoms with Crippen molar-refractivity contribution in [2.75, 3.05) is 24.1 Å². The molecule has 1 aromatic rings. The maximum absolute atomic E-state index is 11.6. The summed E-state index contributed by atoms with van der Waals surface area (Å²) in [6, 6.07) is 3.76. The molecule has 4 N–H and O–H groups in total. The summed E-state index contributed by atoms with van der Waals surface area (Å²) in [4.78, 5) is 16.0. The lowest BCUT2D eigenvalue weighted by Crippen LogP contribution is -2.35. The number of rotatable bonds is 7. The van der Waals surface area contributed by atoms with Crippen LogP contribution < -0.4 is 16.4 Å². The van der Waals surface area contributed by atoms with Gasteiger partial charge in [0, 0.05) is 24.7 Å². The molecule has 0 bridgehead atoms. The standard InChI is InChI=1S/C15H24N4O/c1-11-7-8-13(16)14(19-11)17-9-2-3-10-18-15(20)12-5-4-6-12/h7-8,12H,2-6,9-10,16H2,1H3,(H,17,19)(H,18,20). The van der Waals surface area contributed by atoms with E-state index in [0.29, 0.717) is 5.69 Å². The van der Waals surface area contributed by atoms with E-state index in [-0.39, 0.29) is 11.8 Å². The molecular weight excluding hydrogens is 252 g/mol. The normalized spacial score (nSPS) is 14.7. The summed E-state index contributed by atoms with van der Waals surface area (Å²) in [6.45, 7) is 3.52. The van der Waals surface area contributed by atoms with E-state index in [1.165, 1.54) is 6.42 Å². The maximum Gasteiger partial charge on any atom is 0.223 e. The Balaban J connectivity index is 1.57. The van der Waals surface area contributed by atoms with Crippen molar-refractivity contribution in [2.24, 2.45) is 5.92 Å². The van der Waals surface area contributed by atoms with Gasteiger partial charge in [0.25, 0.3) is 0 Å². The molecule has 1 aliphatic carbocycles. The zero-order valence-electron chi connectivity index (χ0n) is 12.1. The van der Waals surface area contributed by atoms with Crippen LogP contribution in [-0.4, -0.2) is 24.0 Å². The minimum atomic E-state index is 0.230. The highest BCUT2D eigenvalue weighted by atomic mass is 16.1. The molecule has 0 radical (unpaired) electrons. The van der Waals surface area contributed by atoms with Crippen LogP contribution in [0.4, 0.5) is 11.5 Å². The van der Waals surface area contributed by atoms with Gasteiger partial charge in [-0.1, -0.05) is 6.42 Å². The molecular formula is C15H24N4O. The van der Waals surface area contributed by atoms with E-state index in [2.05, 4.69) is 15.6 Å². The minimum absolute atomic E-state index is 0.230. The molecule has 2 rings (SSSR count). The second-order valence-corrected chi connectivity index (χ2v) is 5.44. The molecule has 0 aromatic carbocycles. The summed E-state index contributed by atoms with van der Waals surface area (Å²) < 4.78 is 0. The molecule has 5 nitrogen and oxygen atoms in total. The number of aryl methyl sites for hydroxylation is 1. The number of amides is 1. The van der Waals surface area contributed by atoms with Gasteiger partial charge in [-0.15, -0.1) is 0 Å². The monoisotopic (exact) mass is 276 g/mol. The van der Waals surface area contributed by atoms with Crippen LogP contribution >= 0.6 is 0 Å². The van der Waals surface area contributed by atoms with Crippen molar-refractivity contribution in [1.29, 1.82) is 0 Å². The molecule has 0 spiro atoms. The summed E-state index contributed by atoms with van der Waals surface area (Å²) in [5.41, 5.74) is 7.47. The number of carbonyl (C=O) groups excluding carboxylic acids is 1. The third-order valence-electron chi connectivity index (χ3n) is 3.74. The molecule has 1 heterocycles. The number of aromatic nitrogens is 1. The van der Waals surface area contributed by atoms with Gasteiger partial charge in [0.2, 0.25) is 5.91 Å². The van der Waals surface area contributed by atoms with Gasteiger partial charge >= 0.3 is 0 Å². The lowest BCUT2D eigenvalue weighted by atomic mass is 9.85. The number of hydrogen-bond donors (Lipinski definition) is 3. The number of hydrogen-bond acceptors (Lipinski definition) is 4. The SMILES string of the molecule is Cc1ccc(N)c(NCCCCNC(=O)C2CCC2)n1. The summed E-state index contributed by atoms with van der Waals surface area (Å²) >= 11 is 0. The van der Waals surface area contributed by atoms with Crippen molar-refractivity contribution >= 4 is 17.4 Å². The number of nitrogens with zero attached hydrogens (tertiary/aromatic N) is 1. The Bertz CT molecular complexity index is 457. The Hall–Kier alpha value is -1.78. The predicted octanol–water partition coefficient (Wildman–Crippen LogP) is 2.08. The van der Waals surface area contributed by atoms with Crippen LogP contribution in [0.5, 0.6) is 0 Å². The van der Waals surface area contributed by atoms with E-state index in [0.717, 1.165) is 50.3 Å². The van der Waals surface area contributed by atoms with Gasteiger partial charge in [-0.25, -0.2) is 4.98 Å². The zero-order valence-corrected chi connectivity index (χ0v) is 12.1. The van der Waals surface area contributed by atoms with Gasteiger partial charge in [-0.05, 0) is 44.7 Å². The average molecular weight is 276 g/mol. The molecule has 0 aliphatic heterocycles. The Kier molecular flexibility index (Phi) is 5.21. The highest BCUT2D eigenvalue weighted by molar-refractivity contribution is 5.79. The topological polar surface area (TPSA) is 80.0 Å². The van der Waals surface area contributed by atoms with E-state index in [1.54, 1.807) is 0 Å². The minimum Gasteiger partial charge on any atom is -0.396 e. The number of nitrogens with two attached hydrogens (primary N) is 1. The van der Waals surface area contributed by atoms with Crippen LogP contribution in [0.2, 0.25) is 0 Å². The van der Waals surface area contributed by atoms with Crippen molar-refractivity contribution in [3.8, 4) is 0 Å². The van der Waals surface area contributed by atoms with E-state index < -0.39 is 0 Å². The molecule has 1 amide bonds. The molecule has 5 heteroatoms. The van der Waals surface area contributed by atoms with Crippen molar-refractivity contribution in [3.63, 3.8) is 0 Å². The molecule has 1 aliphatic rings. The highest BCUT2D eigenvalue weighted by Gasteiger charge is 2.24. The lowest BCUT2D eigenvalue weighted by molar-refractivity contribution is -0.127. The van der Waals surface area contributed by atoms with Crippen LogP contribution in [0.25, 0.3) is 0 Å². The number of nitrogens with one attached hydrogen (secondary N) is 2.